The zero-order valence-electron chi connectivity index (χ0n) is 16.8. The van der Waals surface area contributed by atoms with Crippen LogP contribution in [0.2, 0.25) is 0 Å². The van der Waals surface area contributed by atoms with Crippen LogP contribution in [0.4, 0.5) is 10.1 Å². The van der Waals surface area contributed by atoms with Crippen molar-refractivity contribution in [2.75, 3.05) is 5.32 Å². The summed E-state index contributed by atoms with van der Waals surface area (Å²) in [5.41, 5.74) is 2.96. The Labute approximate surface area is 170 Å². The number of nitrogens with one attached hydrogen (secondary N) is 1. The predicted octanol–water partition coefficient (Wildman–Crippen LogP) is 4.97. The van der Waals surface area contributed by atoms with Gasteiger partial charge in [-0.2, -0.15) is 0 Å². The van der Waals surface area contributed by atoms with Crippen molar-refractivity contribution >= 4 is 17.4 Å². The smallest absolute Gasteiger partial charge is 0.296 e. The van der Waals surface area contributed by atoms with E-state index < -0.39 is 11.7 Å². The molecule has 0 radical (unpaired) electrons. The Kier molecular flexibility index (Phi) is 7.60. The number of hydrogen-bond donors (Lipinski definition) is 1. The molecule has 0 fully saturated rings. The van der Waals surface area contributed by atoms with Crippen LogP contribution in [0.5, 0.6) is 0 Å². The molecule has 5 nitrogen and oxygen atoms in total. The molecule has 0 spiro atoms. The SMILES string of the molecule is C=C(C/C(C)=C/C=C(\C)F)N1C=CC=C/C1=C(/C)C(=O)C(=O)Nc1ccncc1. The number of halogens is 1. The van der Waals surface area contributed by atoms with Gasteiger partial charge in [0.25, 0.3) is 5.91 Å². The summed E-state index contributed by atoms with van der Waals surface area (Å²) in [6.07, 6.45) is 13.7. The van der Waals surface area contributed by atoms with E-state index in [1.165, 1.54) is 25.4 Å². The van der Waals surface area contributed by atoms with Crippen molar-refractivity contribution in [2.45, 2.75) is 27.2 Å². The summed E-state index contributed by atoms with van der Waals surface area (Å²) < 4.78 is 12.9. The van der Waals surface area contributed by atoms with Gasteiger partial charge in [-0.3, -0.25) is 14.6 Å². The summed E-state index contributed by atoms with van der Waals surface area (Å²) in [7, 11) is 0. The van der Waals surface area contributed by atoms with Crippen molar-refractivity contribution in [3.8, 4) is 0 Å². The van der Waals surface area contributed by atoms with Crippen LogP contribution in [-0.2, 0) is 9.59 Å². The number of ketones is 1. The van der Waals surface area contributed by atoms with Crippen molar-refractivity contribution in [3.63, 3.8) is 0 Å². The molecule has 0 aromatic carbocycles. The zero-order valence-corrected chi connectivity index (χ0v) is 16.8. The number of nitrogens with zero attached hydrogens (tertiary/aromatic N) is 2. The number of aromatic nitrogens is 1. The number of hydrogen-bond acceptors (Lipinski definition) is 4. The number of rotatable bonds is 7. The van der Waals surface area contributed by atoms with Gasteiger partial charge in [0.05, 0.1) is 11.5 Å². The summed E-state index contributed by atoms with van der Waals surface area (Å²) in [5.74, 6) is -1.65. The maximum Gasteiger partial charge on any atom is 0.296 e. The topological polar surface area (TPSA) is 62.3 Å². The molecule has 1 N–H and O–H groups in total. The first kappa shape index (κ1) is 21.8. The molecule has 1 amide bonds. The Morgan fingerprint density at radius 2 is 1.86 bits per heavy atom. The van der Waals surface area contributed by atoms with Gasteiger partial charge in [-0.05, 0) is 51.1 Å². The fraction of sp³-hybridized carbons (Fsp3) is 0.174. The molecule has 0 atom stereocenters. The van der Waals surface area contributed by atoms with Crippen LogP contribution in [-0.4, -0.2) is 21.6 Å². The van der Waals surface area contributed by atoms with Gasteiger partial charge in [0, 0.05) is 42.0 Å². The second-order valence-corrected chi connectivity index (χ2v) is 6.61. The molecule has 0 bridgehead atoms. The van der Waals surface area contributed by atoms with Crippen molar-refractivity contribution in [1.29, 1.82) is 0 Å². The molecule has 1 aromatic rings. The molecule has 0 saturated heterocycles. The number of carbonyl (C=O) groups excluding carboxylic acids is 2. The highest BCUT2D eigenvalue weighted by molar-refractivity contribution is 6.46. The first-order chi connectivity index (χ1) is 13.8. The van der Waals surface area contributed by atoms with Gasteiger partial charge in [-0.1, -0.05) is 24.3 Å². The molecule has 0 unspecified atom stereocenters. The number of amides is 1. The molecular weight excluding hydrogens is 369 g/mol. The maximum atomic E-state index is 12.9. The second-order valence-electron chi connectivity index (χ2n) is 6.61. The van der Waals surface area contributed by atoms with E-state index >= 15 is 0 Å². The molecule has 29 heavy (non-hydrogen) atoms. The van der Waals surface area contributed by atoms with Gasteiger partial charge in [-0.25, -0.2) is 4.39 Å². The number of Topliss-reactive ketones (excluding diaryl/α,β-unsaturated/α-hetero) is 1. The molecule has 2 heterocycles. The monoisotopic (exact) mass is 393 g/mol. The van der Waals surface area contributed by atoms with Crippen molar-refractivity contribution in [2.24, 2.45) is 0 Å². The molecule has 2 rings (SSSR count). The average molecular weight is 393 g/mol. The highest BCUT2D eigenvalue weighted by atomic mass is 19.1. The molecule has 0 saturated carbocycles. The lowest BCUT2D eigenvalue weighted by Gasteiger charge is -2.27. The predicted molar refractivity (Wildman–Crippen MR) is 113 cm³/mol. The Bertz CT molecular complexity index is 950. The molecule has 150 valence electrons. The van der Waals surface area contributed by atoms with E-state index in [0.717, 1.165) is 5.57 Å². The normalized spacial score (nSPS) is 15.9. The molecule has 1 aliphatic rings. The second kappa shape index (κ2) is 10.1. The lowest BCUT2D eigenvalue weighted by Crippen LogP contribution is -2.27. The van der Waals surface area contributed by atoms with E-state index in [2.05, 4.69) is 16.9 Å². The van der Waals surface area contributed by atoms with E-state index in [1.807, 2.05) is 13.0 Å². The number of carbonyl (C=O) groups is 2. The van der Waals surface area contributed by atoms with E-state index in [9.17, 15) is 14.0 Å². The van der Waals surface area contributed by atoms with E-state index in [0.29, 0.717) is 29.1 Å². The quantitative estimate of drug-likeness (QED) is 0.403. The fourth-order valence-electron chi connectivity index (χ4n) is 2.66. The van der Waals surface area contributed by atoms with Crippen LogP contribution in [0.25, 0.3) is 0 Å². The van der Waals surface area contributed by atoms with Crippen LogP contribution in [0.1, 0.15) is 27.2 Å². The van der Waals surface area contributed by atoms with Crippen LogP contribution in [0.3, 0.4) is 0 Å². The highest BCUT2D eigenvalue weighted by Gasteiger charge is 2.22. The third kappa shape index (κ3) is 6.24. The lowest BCUT2D eigenvalue weighted by molar-refractivity contribution is -0.132. The summed E-state index contributed by atoms with van der Waals surface area (Å²) in [6.45, 7) is 8.94. The number of pyridine rings is 1. The van der Waals surface area contributed by atoms with Crippen LogP contribution >= 0.6 is 0 Å². The Morgan fingerprint density at radius 3 is 2.52 bits per heavy atom. The maximum absolute atomic E-state index is 12.9. The Balaban J connectivity index is 2.20. The summed E-state index contributed by atoms with van der Waals surface area (Å²) in [6, 6.07) is 3.21. The lowest BCUT2D eigenvalue weighted by atomic mass is 10.0. The molecular formula is C23H24FN3O2. The highest BCUT2D eigenvalue weighted by Crippen LogP contribution is 2.25. The van der Waals surface area contributed by atoms with Gasteiger partial charge in [0.1, 0.15) is 0 Å². The average Bonchev–Trinajstić information content (AvgIpc) is 2.71. The minimum Gasteiger partial charge on any atom is -0.321 e. The zero-order chi connectivity index (χ0) is 21.4. The van der Waals surface area contributed by atoms with Crippen molar-refractivity contribution < 1.29 is 14.0 Å². The van der Waals surface area contributed by atoms with Crippen LogP contribution in [0.15, 0.2) is 96.1 Å². The number of anilines is 1. The third-order valence-corrected chi connectivity index (χ3v) is 4.15. The molecule has 1 aromatic heterocycles. The summed E-state index contributed by atoms with van der Waals surface area (Å²) in [5, 5.41) is 2.57. The molecule has 6 heteroatoms. The van der Waals surface area contributed by atoms with Crippen LogP contribution in [0, 0.1) is 0 Å². The standard InChI is InChI=1S/C23H24FN3O2/c1-16(8-9-17(2)24)15-18(3)27-14-6-5-7-21(27)19(4)22(28)23(29)26-20-10-12-25-13-11-20/h5-14H,3,15H2,1-2,4H3,(H,25,26,29)/b16-8+,17-9+,21-19+. The fourth-order valence-corrected chi connectivity index (χ4v) is 2.66. The van der Waals surface area contributed by atoms with Crippen molar-refractivity contribution in [3.05, 3.63) is 96.1 Å². The van der Waals surface area contributed by atoms with E-state index in [1.54, 1.807) is 48.4 Å². The van der Waals surface area contributed by atoms with Gasteiger partial charge in [0.2, 0.25) is 5.78 Å². The van der Waals surface area contributed by atoms with E-state index in [4.69, 9.17) is 0 Å². The van der Waals surface area contributed by atoms with Gasteiger partial charge >= 0.3 is 0 Å². The first-order valence-electron chi connectivity index (χ1n) is 9.07. The summed E-state index contributed by atoms with van der Waals surface area (Å²) in [4.78, 5) is 30.6. The third-order valence-electron chi connectivity index (χ3n) is 4.15. The largest absolute Gasteiger partial charge is 0.321 e. The minimum absolute atomic E-state index is 0.280. The van der Waals surface area contributed by atoms with Gasteiger partial charge in [0.15, 0.2) is 0 Å². The van der Waals surface area contributed by atoms with E-state index in [-0.39, 0.29) is 5.83 Å². The van der Waals surface area contributed by atoms with Crippen molar-refractivity contribution in [1.82, 2.24) is 9.88 Å². The molecule has 0 aliphatic carbocycles. The Hall–Kier alpha value is -3.54. The van der Waals surface area contributed by atoms with Gasteiger partial charge < -0.3 is 10.2 Å². The van der Waals surface area contributed by atoms with Crippen LogP contribution < -0.4 is 5.32 Å². The molecule has 1 aliphatic heterocycles. The van der Waals surface area contributed by atoms with Gasteiger partial charge in [-0.15, -0.1) is 0 Å². The summed E-state index contributed by atoms with van der Waals surface area (Å²) >= 11 is 0. The Morgan fingerprint density at radius 1 is 1.17 bits per heavy atom. The minimum atomic E-state index is -0.727. The first-order valence-corrected chi connectivity index (χ1v) is 9.07. The number of allylic oxidation sites excluding steroid dienone is 7.